The molecular formula is C14H21BrN2O. The minimum atomic E-state index is -0.0351. The van der Waals surface area contributed by atoms with Gasteiger partial charge in [-0.15, -0.1) is 0 Å². The topological polar surface area (TPSA) is 55.1 Å². The molecule has 0 saturated heterocycles. The van der Waals surface area contributed by atoms with E-state index in [0.717, 1.165) is 22.9 Å². The van der Waals surface area contributed by atoms with E-state index in [2.05, 4.69) is 28.2 Å². The van der Waals surface area contributed by atoms with E-state index in [1.54, 1.807) is 0 Å². The summed E-state index contributed by atoms with van der Waals surface area (Å²) in [7, 11) is 0. The Morgan fingerprint density at radius 3 is 2.56 bits per heavy atom. The molecular weight excluding hydrogens is 292 g/mol. The zero-order valence-electron chi connectivity index (χ0n) is 10.9. The first-order chi connectivity index (χ1) is 8.52. The van der Waals surface area contributed by atoms with Gasteiger partial charge in [-0.1, -0.05) is 41.4 Å². The lowest BCUT2D eigenvalue weighted by molar-refractivity contribution is -0.122. The highest BCUT2D eigenvalue weighted by Gasteiger charge is 2.12. The maximum absolute atomic E-state index is 11.8. The molecule has 0 heterocycles. The van der Waals surface area contributed by atoms with Gasteiger partial charge in [-0.05, 0) is 31.0 Å². The average molecular weight is 313 g/mol. The number of carbonyl (C=O) groups is 1. The molecule has 100 valence electrons. The second-order valence-electron chi connectivity index (χ2n) is 4.59. The molecule has 1 unspecified atom stereocenters. The number of hydrogen-bond acceptors (Lipinski definition) is 2. The third kappa shape index (κ3) is 5.19. The van der Waals surface area contributed by atoms with Crippen molar-refractivity contribution >= 4 is 21.8 Å². The van der Waals surface area contributed by atoms with Gasteiger partial charge in [0.15, 0.2) is 0 Å². The molecule has 1 aromatic rings. The van der Waals surface area contributed by atoms with E-state index in [1.165, 1.54) is 0 Å². The number of benzene rings is 1. The van der Waals surface area contributed by atoms with Crippen molar-refractivity contribution in [3.05, 3.63) is 34.3 Å². The molecule has 18 heavy (non-hydrogen) atoms. The van der Waals surface area contributed by atoms with Crippen LogP contribution in [0.1, 0.15) is 44.7 Å². The van der Waals surface area contributed by atoms with Gasteiger partial charge in [0.25, 0.3) is 0 Å². The lowest BCUT2D eigenvalue weighted by atomic mass is 10.1. The molecule has 0 bridgehead atoms. The molecule has 3 nitrogen and oxygen atoms in total. The van der Waals surface area contributed by atoms with E-state index < -0.39 is 0 Å². The summed E-state index contributed by atoms with van der Waals surface area (Å²) in [5.41, 5.74) is 6.95. The van der Waals surface area contributed by atoms with Crippen LogP contribution in [-0.4, -0.2) is 11.9 Å². The van der Waals surface area contributed by atoms with Gasteiger partial charge in [0.2, 0.25) is 5.91 Å². The fraction of sp³-hybridized carbons (Fsp3) is 0.500. The van der Waals surface area contributed by atoms with E-state index in [0.29, 0.717) is 6.42 Å². The van der Waals surface area contributed by atoms with Crippen molar-refractivity contribution in [3.8, 4) is 0 Å². The molecule has 2 atom stereocenters. The third-order valence-corrected chi connectivity index (χ3v) is 3.38. The lowest BCUT2D eigenvalue weighted by Crippen LogP contribution is -2.33. The fourth-order valence-electron chi connectivity index (χ4n) is 1.85. The Balaban J connectivity index is 2.46. The number of nitrogens with one attached hydrogen (secondary N) is 1. The van der Waals surface area contributed by atoms with Crippen LogP contribution in [0.15, 0.2) is 28.7 Å². The second kappa shape index (κ2) is 7.54. The summed E-state index contributed by atoms with van der Waals surface area (Å²) in [6.45, 7) is 4.05. The number of carbonyl (C=O) groups excluding carboxylic acids is 1. The molecule has 0 aliphatic rings. The number of amides is 1. The monoisotopic (exact) mass is 312 g/mol. The van der Waals surface area contributed by atoms with Gasteiger partial charge < -0.3 is 11.1 Å². The number of hydrogen-bond donors (Lipinski definition) is 2. The van der Waals surface area contributed by atoms with Gasteiger partial charge in [-0.25, -0.2) is 0 Å². The summed E-state index contributed by atoms with van der Waals surface area (Å²) in [5.74, 6) is 0.0198. The van der Waals surface area contributed by atoms with Crippen molar-refractivity contribution in [2.45, 2.75) is 45.2 Å². The highest BCUT2D eigenvalue weighted by atomic mass is 79.9. The van der Waals surface area contributed by atoms with Crippen molar-refractivity contribution in [1.29, 1.82) is 0 Å². The molecule has 0 aromatic heterocycles. The molecule has 1 aromatic carbocycles. The molecule has 0 spiro atoms. The van der Waals surface area contributed by atoms with Crippen molar-refractivity contribution < 1.29 is 4.79 Å². The Labute approximate surface area is 117 Å². The summed E-state index contributed by atoms with van der Waals surface area (Å²) >= 11 is 3.39. The van der Waals surface area contributed by atoms with E-state index in [-0.39, 0.29) is 18.0 Å². The lowest BCUT2D eigenvalue weighted by Gasteiger charge is -2.16. The first-order valence-corrected chi connectivity index (χ1v) is 7.12. The number of rotatable bonds is 6. The van der Waals surface area contributed by atoms with Crippen LogP contribution < -0.4 is 11.1 Å². The van der Waals surface area contributed by atoms with Gasteiger partial charge in [0.05, 0.1) is 6.04 Å². The van der Waals surface area contributed by atoms with Crippen LogP contribution in [0, 0.1) is 0 Å². The zero-order chi connectivity index (χ0) is 13.5. The Hall–Kier alpha value is -0.870. The van der Waals surface area contributed by atoms with Gasteiger partial charge in [-0.3, -0.25) is 4.79 Å². The molecule has 3 N–H and O–H groups in total. The SMILES string of the molecule is CCCC(N)CC(=O)N[C@H](C)c1ccc(Br)cc1. The van der Waals surface area contributed by atoms with Crippen LogP contribution in [0.5, 0.6) is 0 Å². The molecule has 1 rings (SSSR count). The molecule has 0 radical (unpaired) electrons. The molecule has 1 amide bonds. The normalized spacial score (nSPS) is 14.0. The van der Waals surface area contributed by atoms with E-state index in [1.807, 2.05) is 31.2 Å². The number of halogens is 1. The summed E-state index contributed by atoms with van der Waals surface area (Å²) < 4.78 is 1.04. The average Bonchev–Trinajstić information content (AvgIpc) is 2.29. The molecule has 0 aliphatic heterocycles. The predicted molar refractivity (Wildman–Crippen MR) is 78.2 cm³/mol. The summed E-state index contributed by atoms with van der Waals surface area (Å²) in [5, 5.41) is 2.97. The van der Waals surface area contributed by atoms with Crippen molar-refractivity contribution in [1.82, 2.24) is 5.32 Å². The Bertz CT molecular complexity index is 378. The van der Waals surface area contributed by atoms with Gasteiger partial charge in [0.1, 0.15) is 0 Å². The Kier molecular flexibility index (Phi) is 6.36. The first-order valence-electron chi connectivity index (χ1n) is 6.33. The number of nitrogens with two attached hydrogens (primary N) is 1. The standard InChI is InChI=1S/C14H21BrN2O/c1-3-4-13(16)9-14(18)17-10(2)11-5-7-12(15)8-6-11/h5-8,10,13H,3-4,9,16H2,1-2H3,(H,17,18)/t10-,13?/m1/s1. The molecule has 4 heteroatoms. The highest BCUT2D eigenvalue weighted by molar-refractivity contribution is 9.10. The Morgan fingerprint density at radius 1 is 1.39 bits per heavy atom. The maximum Gasteiger partial charge on any atom is 0.222 e. The maximum atomic E-state index is 11.8. The smallest absolute Gasteiger partial charge is 0.222 e. The zero-order valence-corrected chi connectivity index (χ0v) is 12.5. The summed E-state index contributed by atoms with van der Waals surface area (Å²) in [6.07, 6.45) is 2.30. The minimum absolute atomic E-state index is 0.0134. The van der Waals surface area contributed by atoms with Crippen LogP contribution in [0.25, 0.3) is 0 Å². The van der Waals surface area contributed by atoms with E-state index >= 15 is 0 Å². The quantitative estimate of drug-likeness (QED) is 0.847. The Morgan fingerprint density at radius 2 is 2.00 bits per heavy atom. The fourth-order valence-corrected chi connectivity index (χ4v) is 2.11. The molecule has 0 aliphatic carbocycles. The predicted octanol–water partition coefficient (Wildman–Crippen LogP) is 3.14. The first kappa shape index (κ1) is 15.2. The largest absolute Gasteiger partial charge is 0.350 e. The van der Waals surface area contributed by atoms with Crippen LogP contribution in [0.4, 0.5) is 0 Å². The molecule has 0 saturated carbocycles. The van der Waals surface area contributed by atoms with Gasteiger partial charge in [0, 0.05) is 16.9 Å². The van der Waals surface area contributed by atoms with E-state index in [9.17, 15) is 4.79 Å². The van der Waals surface area contributed by atoms with Crippen LogP contribution >= 0.6 is 15.9 Å². The van der Waals surface area contributed by atoms with E-state index in [4.69, 9.17) is 5.73 Å². The minimum Gasteiger partial charge on any atom is -0.350 e. The summed E-state index contributed by atoms with van der Waals surface area (Å²) in [6, 6.07) is 7.93. The molecule has 0 fully saturated rings. The van der Waals surface area contributed by atoms with Crippen LogP contribution in [0.2, 0.25) is 0 Å². The highest BCUT2D eigenvalue weighted by Crippen LogP contribution is 2.16. The van der Waals surface area contributed by atoms with Gasteiger partial charge >= 0.3 is 0 Å². The third-order valence-electron chi connectivity index (χ3n) is 2.85. The van der Waals surface area contributed by atoms with Crippen molar-refractivity contribution in [3.63, 3.8) is 0 Å². The van der Waals surface area contributed by atoms with Crippen LogP contribution in [0.3, 0.4) is 0 Å². The van der Waals surface area contributed by atoms with Crippen molar-refractivity contribution in [2.75, 3.05) is 0 Å². The van der Waals surface area contributed by atoms with Crippen LogP contribution in [-0.2, 0) is 4.79 Å². The summed E-state index contributed by atoms with van der Waals surface area (Å²) in [4.78, 5) is 11.8. The second-order valence-corrected chi connectivity index (χ2v) is 5.51. The van der Waals surface area contributed by atoms with Gasteiger partial charge in [-0.2, -0.15) is 0 Å². The van der Waals surface area contributed by atoms with Crippen molar-refractivity contribution in [2.24, 2.45) is 5.73 Å².